The molecule has 3 N–H and O–H groups in total. The second kappa shape index (κ2) is 16.0. The third-order valence-corrected chi connectivity index (χ3v) is 12.0. The zero-order chi connectivity index (χ0) is 39.9. The van der Waals surface area contributed by atoms with E-state index in [0.29, 0.717) is 45.4 Å². The van der Waals surface area contributed by atoms with Crippen molar-refractivity contribution in [2.24, 2.45) is 11.1 Å². The van der Waals surface area contributed by atoms with Crippen LogP contribution < -0.4 is 16.1 Å². The molecule has 2 saturated heterocycles. The number of hydrogen-bond acceptors (Lipinski definition) is 11. The number of nitrogens with two attached hydrogens (primary N) is 1. The molecule has 0 unspecified atom stereocenters. The van der Waals surface area contributed by atoms with Crippen LogP contribution in [0.5, 0.6) is 0 Å². The number of nitrogens with one attached hydrogen (secondary N) is 1. The number of pyridine rings is 1. The van der Waals surface area contributed by atoms with Gasteiger partial charge in [0.05, 0.1) is 59.3 Å². The quantitative estimate of drug-likeness (QED) is 0.234. The summed E-state index contributed by atoms with van der Waals surface area (Å²) in [5.74, 6) is -0.707. The molecule has 1 aromatic carbocycles. The van der Waals surface area contributed by atoms with Gasteiger partial charge < -0.3 is 24.7 Å². The lowest BCUT2D eigenvalue weighted by molar-refractivity contribution is -0.155. The summed E-state index contributed by atoms with van der Waals surface area (Å²) < 4.78 is 53.8. The Morgan fingerprint density at radius 1 is 1.14 bits per heavy atom. The van der Waals surface area contributed by atoms with Crippen LogP contribution in [0.2, 0.25) is 0 Å². The number of benzene rings is 1. The van der Waals surface area contributed by atoms with E-state index in [0.717, 1.165) is 55.4 Å². The summed E-state index contributed by atoms with van der Waals surface area (Å²) in [7, 11) is 1.65. The highest BCUT2D eigenvalue weighted by Gasteiger charge is 2.35. The average Bonchev–Trinajstić information content (AvgIpc) is 3.77. The summed E-state index contributed by atoms with van der Waals surface area (Å²) >= 11 is 1.46. The summed E-state index contributed by atoms with van der Waals surface area (Å²) in [5.41, 5.74) is 16.1. The number of methoxy groups -OCH3 is 1. The molecule has 3 atom stereocenters. The van der Waals surface area contributed by atoms with E-state index in [1.807, 2.05) is 12.3 Å². The fourth-order valence-corrected chi connectivity index (χ4v) is 8.97. The van der Waals surface area contributed by atoms with Gasteiger partial charge in [0.15, 0.2) is 0 Å². The van der Waals surface area contributed by atoms with Gasteiger partial charge in [-0.1, -0.05) is 19.9 Å². The SMILES string of the molecule is CCn1c(-c2cc(N3CCN(CC(F)(F)F)CC3)cnc2[C@H](C)OC)c2c3cc(ccc31)-c1csc(n1)C[C@H](N)C(=O)N1CCC[C@H](N1)C(=O)OCC(C)(C)C2. The van der Waals surface area contributed by atoms with Crippen molar-refractivity contribution in [3.8, 4) is 22.5 Å². The zero-order valence-electron chi connectivity index (χ0n) is 32.6. The maximum atomic E-state index is 13.5. The largest absolute Gasteiger partial charge is 0.464 e. The van der Waals surface area contributed by atoms with Crippen LogP contribution in [0.3, 0.4) is 0 Å². The first-order chi connectivity index (χ1) is 26.6. The number of hydrazine groups is 1. The van der Waals surface area contributed by atoms with Crippen molar-refractivity contribution in [3.63, 3.8) is 0 Å². The second-order valence-corrected chi connectivity index (χ2v) is 16.8. The third kappa shape index (κ3) is 8.44. The summed E-state index contributed by atoms with van der Waals surface area (Å²) in [5, 5.41) is 5.20. The number of esters is 1. The topological polar surface area (TPSA) is 131 Å². The molecule has 0 spiro atoms. The molecular formula is C40H51F3N8O4S. The fourth-order valence-electron chi connectivity index (χ4n) is 8.10. The Balaban J connectivity index is 1.36. The van der Waals surface area contributed by atoms with Crippen LogP contribution >= 0.6 is 11.3 Å². The van der Waals surface area contributed by atoms with Crippen LogP contribution in [0.15, 0.2) is 35.8 Å². The molecular weight excluding hydrogens is 746 g/mol. The zero-order valence-corrected chi connectivity index (χ0v) is 33.4. The number of carbonyl (C=O) groups excluding carboxylic acids is 2. The number of amides is 1. The number of fused-ring (bicyclic) bond motifs is 6. The molecule has 4 aromatic rings. The molecule has 6 heterocycles. The first-order valence-electron chi connectivity index (χ1n) is 19.3. The van der Waals surface area contributed by atoms with Crippen molar-refractivity contribution in [2.45, 2.75) is 84.3 Å². The van der Waals surface area contributed by atoms with Crippen LogP contribution in [-0.2, 0) is 38.4 Å². The molecule has 302 valence electrons. The number of thiazole rings is 1. The third-order valence-electron chi connectivity index (χ3n) is 11.1. The number of piperazine rings is 1. The van der Waals surface area contributed by atoms with E-state index in [4.69, 9.17) is 25.2 Å². The van der Waals surface area contributed by atoms with Crippen molar-refractivity contribution in [1.82, 2.24) is 29.9 Å². The molecule has 0 radical (unpaired) electrons. The van der Waals surface area contributed by atoms with Crippen molar-refractivity contribution < 1.29 is 32.2 Å². The van der Waals surface area contributed by atoms with Crippen molar-refractivity contribution in [1.29, 1.82) is 0 Å². The lowest BCUT2D eigenvalue weighted by Gasteiger charge is -2.36. The van der Waals surface area contributed by atoms with E-state index in [2.05, 4.69) is 59.9 Å². The Hall–Kier alpha value is -4.09. The van der Waals surface area contributed by atoms with Gasteiger partial charge in [-0.3, -0.25) is 24.5 Å². The molecule has 7 rings (SSSR count). The molecule has 2 fully saturated rings. The van der Waals surface area contributed by atoms with Gasteiger partial charge in [0, 0.05) is 85.6 Å². The lowest BCUT2D eigenvalue weighted by Crippen LogP contribution is -2.59. The average molecular weight is 797 g/mol. The minimum absolute atomic E-state index is 0.132. The number of nitrogens with zero attached hydrogens (tertiary/aromatic N) is 6. The van der Waals surface area contributed by atoms with E-state index in [-0.39, 0.29) is 38.1 Å². The molecule has 3 aromatic heterocycles. The molecule has 3 aliphatic heterocycles. The van der Waals surface area contributed by atoms with Crippen molar-refractivity contribution >= 4 is 39.8 Å². The first kappa shape index (κ1) is 40.1. The predicted octanol–water partition coefficient (Wildman–Crippen LogP) is 5.73. The number of cyclic esters (lactones) is 1. The van der Waals surface area contributed by atoms with Gasteiger partial charge >= 0.3 is 12.1 Å². The van der Waals surface area contributed by atoms with E-state index in [9.17, 15) is 22.8 Å². The summed E-state index contributed by atoms with van der Waals surface area (Å²) in [6.45, 7) is 9.94. The molecule has 3 aliphatic rings. The van der Waals surface area contributed by atoms with Gasteiger partial charge in [-0.25, -0.2) is 10.4 Å². The highest BCUT2D eigenvalue weighted by Crippen LogP contribution is 2.43. The number of rotatable bonds is 6. The Labute approximate surface area is 329 Å². The van der Waals surface area contributed by atoms with Crippen LogP contribution in [-0.4, -0.2) is 108 Å². The number of aryl methyl sites for hydroxylation is 1. The van der Waals surface area contributed by atoms with Gasteiger partial charge in [-0.05, 0) is 56.9 Å². The first-order valence-corrected chi connectivity index (χ1v) is 20.2. The summed E-state index contributed by atoms with van der Waals surface area (Å²) in [6.07, 6.45) is -0.859. The lowest BCUT2D eigenvalue weighted by atomic mass is 9.84. The molecule has 1 amide bonds. The molecule has 16 heteroatoms. The molecule has 12 nitrogen and oxygen atoms in total. The standard InChI is InChI=1S/C40H51F3N8O4S/c1-6-50-33-10-9-25-16-27(33)29(36(50)28-17-26(20-45-35(28)24(2)54-5)49-14-12-48(13-15-49)22-40(41,42)43)19-39(3,4)23-55-38(53)31-8-7-11-51(47-31)37(52)30(44)18-34-46-32(25)21-56-34/h9-10,16-17,20-21,24,30-31,47H,6-8,11-15,18-19,22-23,44H2,1-5H3/t24-,30-,31-/m0/s1. The van der Waals surface area contributed by atoms with Crippen LogP contribution in [0.4, 0.5) is 18.9 Å². The monoisotopic (exact) mass is 796 g/mol. The van der Waals surface area contributed by atoms with E-state index < -0.39 is 36.2 Å². The normalized spacial score (nSPS) is 21.9. The van der Waals surface area contributed by atoms with Gasteiger partial charge in [-0.2, -0.15) is 13.2 Å². The number of carbonyl (C=O) groups is 2. The number of alkyl halides is 3. The van der Waals surface area contributed by atoms with E-state index >= 15 is 0 Å². The second-order valence-electron chi connectivity index (χ2n) is 15.9. The van der Waals surface area contributed by atoms with Gasteiger partial charge in [0.25, 0.3) is 5.91 Å². The highest BCUT2D eigenvalue weighted by molar-refractivity contribution is 7.10. The minimum atomic E-state index is -4.25. The molecule has 0 aliphatic carbocycles. The van der Waals surface area contributed by atoms with Gasteiger partial charge in [-0.15, -0.1) is 11.3 Å². The fraction of sp³-hybridized carbons (Fsp3) is 0.550. The van der Waals surface area contributed by atoms with Gasteiger partial charge in [0.2, 0.25) is 0 Å². The predicted molar refractivity (Wildman–Crippen MR) is 210 cm³/mol. The smallest absolute Gasteiger partial charge is 0.401 e. The number of aromatic nitrogens is 3. The van der Waals surface area contributed by atoms with Crippen molar-refractivity contribution in [3.05, 3.63) is 52.1 Å². The Bertz CT molecular complexity index is 2080. The summed E-state index contributed by atoms with van der Waals surface area (Å²) in [6, 6.07) is 6.92. The number of hydrogen-bond donors (Lipinski definition) is 2. The maximum Gasteiger partial charge on any atom is 0.401 e. The Morgan fingerprint density at radius 2 is 1.91 bits per heavy atom. The minimum Gasteiger partial charge on any atom is -0.464 e. The van der Waals surface area contributed by atoms with E-state index in [1.165, 1.54) is 21.2 Å². The molecule has 0 saturated carbocycles. The Morgan fingerprint density at radius 3 is 2.62 bits per heavy atom. The number of ether oxygens (including phenoxy) is 2. The summed E-state index contributed by atoms with van der Waals surface area (Å²) in [4.78, 5) is 40.3. The number of halogens is 3. The molecule has 56 heavy (non-hydrogen) atoms. The molecule has 6 bridgehead atoms. The maximum absolute atomic E-state index is 13.5. The highest BCUT2D eigenvalue weighted by atomic mass is 32.1. The van der Waals surface area contributed by atoms with Crippen LogP contribution in [0, 0.1) is 5.41 Å². The van der Waals surface area contributed by atoms with Gasteiger partial charge in [0.1, 0.15) is 6.04 Å². The van der Waals surface area contributed by atoms with Crippen LogP contribution in [0.25, 0.3) is 33.4 Å². The van der Waals surface area contributed by atoms with Crippen molar-refractivity contribution in [2.75, 3.05) is 57.9 Å². The van der Waals surface area contributed by atoms with E-state index in [1.54, 1.807) is 13.3 Å². The van der Waals surface area contributed by atoms with Crippen LogP contribution in [0.1, 0.15) is 62.9 Å². The Kier molecular flexibility index (Phi) is 11.5. The number of anilines is 1.